The molecule has 1 amide bonds. The molecule has 3 aromatic carbocycles. The molecular formula is C27H21N5O5. The molecule has 0 saturated heterocycles. The van der Waals surface area contributed by atoms with Crippen LogP contribution in [0.2, 0.25) is 0 Å². The van der Waals surface area contributed by atoms with Gasteiger partial charge in [-0.25, -0.2) is 4.98 Å². The highest BCUT2D eigenvalue weighted by molar-refractivity contribution is 6.13. The van der Waals surface area contributed by atoms with E-state index in [4.69, 9.17) is 9.47 Å². The number of rotatable bonds is 7. The summed E-state index contributed by atoms with van der Waals surface area (Å²) in [7, 11) is 3.30. The van der Waals surface area contributed by atoms with Crippen LogP contribution in [0.25, 0.3) is 22.2 Å². The lowest BCUT2D eigenvalue weighted by molar-refractivity contribution is -0.384. The molecule has 0 aliphatic carbocycles. The number of fused-ring (bicyclic) bond motifs is 1. The van der Waals surface area contributed by atoms with Crippen molar-refractivity contribution in [2.45, 2.75) is 0 Å². The Morgan fingerprint density at radius 1 is 1.03 bits per heavy atom. The van der Waals surface area contributed by atoms with Gasteiger partial charge in [0.15, 0.2) is 11.5 Å². The molecule has 10 heteroatoms. The van der Waals surface area contributed by atoms with Gasteiger partial charge in [-0.1, -0.05) is 30.3 Å². The van der Waals surface area contributed by atoms with Crippen molar-refractivity contribution < 1.29 is 19.2 Å². The number of amides is 1. The number of pyridine rings is 1. The Kier molecular flexibility index (Phi) is 6.21. The third-order valence-corrected chi connectivity index (χ3v) is 5.62. The van der Waals surface area contributed by atoms with Crippen LogP contribution in [-0.4, -0.2) is 32.7 Å². The third-order valence-electron chi connectivity index (χ3n) is 5.62. The van der Waals surface area contributed by atoms with Crippen molar-refractivity contribution in [1.82, 2.24) is 14.8 Å². The zero-order valence-electron chi connectivity index (χ0n) is 19.9. The number of ether oxygens (including phenoxy) is 2. The molecule has 0 aliphatic rings. The van der Waals surface area contributed by atoms with Gasteiger partial charge in [0.2, 0.25) is 0 Å². The number of nitrogens with zero attached hydrogens (tertiary/aromatic N) is 4. The number of para-hydroxylation sites is 3. The monoisotopic (exact) mass is 495 g/mol. The van der Waals surface area contributed by atoms with E-state index in [1.54, 1.807) is 60.5 Å². The number of aromatic nitrogens is 3. The number of aryl methyl sites for hydroxylation is 1. The first-order chi connectivity index (χ1) is 17.9. The van der Waals surface area contributed by atoms with Crippen LogP contribution in [-0.2, 0) is 7.05 Å². The number of nitro benzene ring substituents is 1. The van der Waals surface area contributed by atoms with E-state index in [0.29, 0.717) is 33.7 Å². The maximum atomic E-state index is 13.5. The third kappa shape index (κ3) is 4.94. The van der Waals surface area contributed by atoms with Gasteiger partial charge in [0.1, 0.15) is 5.75 Å². The second-order valence-corrected chi connectivity index (χ2v) is 8.15. The van der Waals surface area contributed by atoms with Crippen LogP contribution in [0, 0.1) is 10.1 Å². The molecule has 5 aromatic rings. The number of carbonyl (C=O) groups is 1. The quantitative estimate of drug-likeness (QED) is 0.230. The summed E-state index contributed by atoms with van der Waals surface area (Å²) < 4.78 is 12.8. The molecule has 1 N–H and O–H groups in total. The van der Waals surface area contributed by atoms with Gasteiger partial charge in [-0.15, -0.1) is 0 Å². The van der Waals surface area contributed by atoms with Crippen molar-refractivity contribution in [3.8, 4) is 28.5 Å². The maximum Gasteiger partial charge on any atom is 0.275 e. The first-order valence-corrected chi connectivity index (χ1v) is 11.2. The van der Waals surface area contributed by atoms with E-state index >= 15 is 0 Å². The highest BCUT2D eigenvalue weighted by Gasteiger charge is 2.18. The minimum atomic E-state index is -0.549. The van der Waals surface area contributed by atoms with Gasteiger partial charge in [0.05, 0.1) is 46.8 Å². The minimum Gasteiger partial charge on any atom is -0.493 e. The number of nitrogens with one attached hydrogen (secondary N) is 1. The smallest absolute Gasteiger partial charge is 0.275 e. The molecule has 5 rings (SSSR count). The molecule has 0 fully saturated rings. The Labute approximate surface area is 211 Å². The molecule has 0 spiro atoms. The van der Waals surface area contributed by atoms with E-state index in [0.717, 1.165) is 5.56 Å². The van der Waals surface area contributed by atoms with Gasteiger partial charge in [-0.05, 0) is 24.3 Å². The number of carbonyl (C=O) groups excluding carboxylic acids is 1. The lowest BCUT2D eigenvalue weighted by Crippen LogP contribution is -2.13. The van der Waals surface area contributed by atoms with Crippen LogP contribution < -0.4 is 14.8 Å². The topological polar surface area (TPSA) is 121 Å². The molecular weight excluding hydrogens is 474 g/mol. The first-order valence-electron chi connectivity index (χ1n) is 11.2. The Morgan fingerprint density at radius 3 is 2.51 bits per heavy atom. The van der Waals surface area contributed by atoms with Crippen molar-refractivity contribution in [3.05, 3.63) is 101 Å². The van der Waals surface area contributed by atoms with Crippen LogP contribution in [0.5, 0.6) is 17.2 Å². The van der Waals surface area contributed by atoms with E-state index in [1.807, 2.05) is 18.2 Å². The second-order valence-electron chi connectivity index (χ2n) is 8.15. The standard InChI is InChI=1S/C27H21N5O5/c1-31-16-17(15-28-31)24-14-22(21-7-3-4-8-23(21)30-24)27(33)29-18-11-19(32(34)35)13-20(12-18)37-26-10-6-5-9-25(26)36-2/h3-16H,1-2H3,(H,29,33). The fourth-order valence-electron chi connectivity index (χ4n) is 3.91. The molecule has 37 heavy (non-hydrogen) atoms. The minimum absolute atomic E-state index is 0.171. The molecule has 0 saturated carbocycles. The van der Waals surface area contributed by atoms with E-state index in [2.05, 4.69) is 15.4 Å². The molecule has 184 valence electrons. The molecule has 0 aliphatic heterocycles. The van der Waals surface area contributed by atoms with E-state index < -0.39 is 10.8 Å². The number of non-ortho nitro benzene ring substituents is 1. The van der Waals surface area contributed by atoms with Gasteiger partial charge in [-0.3, -0.25) is 19.6 Å². The Bertz CT molecular complexity index is 1650. The normalized spacial score (nSPS) is 10.8. The predicted octanol–water partition coefficient (Wildman–Crippen LogP) is 5.60. The average Bonchev–Trinajstić information content (AvgIpc) is 3.34. The fraction of sp³-hybridized carbons (Fsp3) is 0.0741. The average molecular weight is 495 g/mol. The van der Waals surface area contributed by atoms with E-state index in [9.17, 15) is 14.9 Å². The zero-order chi connectivity index (χ0) is 25.9. The molecule has 0 unspecified atom stereocenters. The summed E-state index contributed by atoms with van der Waals surface area (Å²) in [6, 6.07) is 20.0. The lowest BCUT2D eigenvalue weighted by Gasteiger charge is -2.13. The predicted molar refractivity (Wildman–Crippen MR) is 138 cm³/mol. The van der Waals surface area contributed by atoms with Gasteiger partial charge in [0, 0.05) is 36.3 Å². The zero-order valence-corrected chi connectivity index (χ0v) is 19.9. The van der Waals surface area contributed by atoms with E-state index in [1.165, 1.54) is 25.3 Å². The van der Waals surface area contributed by atoms with Crippen molar-refractivity contribution in [1.29, 1.82) is 0 Å². The maximum absolute atomic E-state index is 13.5. The summed E-state index contributed by atoms with van der Waals surface area (Å²) in [6.07, 6.45) is 3.47. The molecule has 10 nitrogen and oxygen atoms in total. The number of hydrogen-bond acceptors (Lipinski definition) is 7. The highest BCUT2D eigenvalue weighted by Crippen LogP contribution is 2.35. The SMILES string of the molecule is COc1ccccc1Oc1cc(NC(=O)c2cc(-c3cnn(C)c3)nc3ccccc23)cc([N+](=O)[O-])c1. The van der Waals surface area contributed by atoms with Gasteiger partial charge in [0.25, 0.3) is 11.6 Å². The van der Waals surface area contributed by atoms with Crippen LogP contribution in [0.4, 0.5) is 11.4 Å². The van der Waals surface area contributed by atoms with Gasteiger partial charge >= 0.3 is 0 Å². The Morgan fingerprint density at radius 2 is 1.78 bits per heavy atom. The van der Waals surface area contributed by atoms with Crippen LogP contribution in [0.1, 0.15) is 10.4 Å². The first kappa shape index (κ1) is 23.5. The summed E-state index contributed by atoms with van der Waals surface area (Å²) in [5, 5.41) is 19.2. The lowest BCUT2D eigenvalue weighted by atomic mass is 10.0. The summed E-state index contributed by atoms with van der Waals surface area (Å²) in [5.41, 5.74) is 2.30. The largest absolute Gasteiger partial charge is 0.493 e. The number of nitro groups is 1. The Hall–Kier alpha value is -5.25. The number of hydrogen-bond donors (Lipinski definition) is 1. The number of anilines is 1. The van der Waals surface area contributed by atoms with Crippen LogP contribution >= 0.6 is 0 Å². The second kappa shape index (κ2) is 9.78. The van der Waals surface area contributed by atoms with Crippen LogP contribution in [0.15, 0.2) is 85.2 Å². The number of methoxy groups -OCH3 is 1. The van der Waals surface area contributed by atoms with Crippen LogP contribution in [0.3, 0.4) is 0 Å². The summed E-state index contributed by atoms with van der Waals surface area (Å²) >= 11 is 0. The van der Waals surface area contributed by atoms with Crippen molar-refractivity contribution >= 4 is 28.2 Å². The summed E-state index contributed by atoms with van der Waals surface area (Å²) in [5.74, 6) is 0.562. The number of benzene rings is 3. The van der Waals surface area contributed by atoms with Gasteiger partial charge in [-0.2, -0.15) is 5.10 Å². The Balaban J connectivity index is 1.52. The summed E-state index contributed by atoms with van der Waals surface area (Å²) in [4.78, 5) is 29.2. The van der Waals surface area contributed by atoms with Crippen molar-refractivity contribution in [3.63, 3.8) is 0 Å². The fourth-order valence-corrected chi connectivity index (χ4v) is 3.91. The highest BCUT2D eigenvalue weighted by atomic mass is 16.6. The van der Waals surface area contributed by atoms with Crippen molar-refractivity contribution in [2.24, 2.45) is 7.05 Å². The molecule has 0 radical (unpaired) electrons. The molecule has 2 heterocycles. The molecule has 0 atom stereocenters. The molecule has 2 aromatic heterocycles. The summed E-state index contributed by atoms with van der Waals surface area (Å²) in [6.45, 7) is 0. The molecule has 0 bridgehead atoms. The van der Waals surface area contributed by atoms with Crippen molar-refractivity contribution in [2.75, 3.05) is 12.4 Å². The van der Waals surface area contributed by atoms with E-state index in [-0.39, 0.29) is 17.1 Å². The van der Waals surface area contributed by atoms with Gasteiger partial charge < -0.3 is 14.8 Å².